The van der Waals surface area contributed by atoms with Crippen LogP contribution >= 0.6 is 0 Å². The van der Waals surface area contributed by atoms with Gasteiger partial charge in [0.1, 0.15) is 5.76 Å². The van der Waals surface area contributed by atoms with Gasteiger partial charge in [0.05, 0.1) is 18.2 Å². The van der Waals surface area contributed by atoms with Crippen LogP contribution in [0.1, 0.15) is 21.7 Å². The van der Waals surface area contributed by atoms with Crippen LogP contribution in [-0.2, 0) is 6.54 Å². The van der Waals surface area contributed by atoms with Crippen molar-refractivity contribution < 1.29 is 9.21 Å². The molecule has 2 aromatic heterocycles. The van der Waals surface area contributed by atoms with Gasteiger partial charge in [-0.15, -0.1) is 0 Å². The number of nitriles is 1. The van der Waals surface area contributed by atoms with Crippen molar-refractivity contribution in [2.75, 3.05) is 36.0 Å². The second-order valence-electron chi connectivity index (χ2n) is 9.89. The number of furan rings is 1. The van der Waals surface area contributed by atoms with Crippen LogP contribution in [0, 0.1) is 11.3 Å². The molecule has 7 heteroatoms. The normalized spacial score (nSPS) is 13.0. The van der Waals surface area contributed by atoms with Crippen molar-refractivity contribution >= 4 is 17.3 Å². The highest BCUT2D eigenvalue weighted by atomic mass is 16.4. The molecule has 1 fully saturated rings. The Morgan fingerprint density at radius 2 is 1.61 bits per heavy atom. The highest BCUT2D eigenvalue weighted by molar-refractivity contribution is 6.04. The maximum absolute atomic E-state index is 14.1. The zero-order chi connectivity index (χ0) is 28.0. The van der Waals surface area contributed by atoms with Crippen molar-refractivity contribution in [2.24, 2.45) is 0 Å². The lowest BCUT2D eigenvalue weighted by atomic mass is 10.00. The molecule has 1 aliphatic heterocycles. The first-order chi connectivity index (χ1) is 20.2. The fourth-order valence-corrected chi connectivity index (χ4v) is 5.14. The minimum Gasteiger partial charge on any atom is -0.451 e. The van der Waals surface area contributed by atoms with Crippen LogP contribution in [0.15, 0.2) is 114 Å². The Bertz CT molecular complexity index is 1670. The molecule has 41 heavy (non-hydrogen) atoms. The van der Waals surface area contributed by atoms with Gasteiger partial charge in [-0.25, -0.2) is 0 Å². The largest absolute Gasteiger partial charge is 0.451 e. The summed E-state index contributed by atoms with van der Waals surface area (Å²) in [6.45, 7) is 4.17. The third-order valence-electron chi connectivity index (χ3n) is 7.34. The molecule has 1 saturated heterocycles. The molecule has 202 valence electrons. The highest BCUT2D eigenvalue weighted by Crippen LogP contribution is 2.30. The van der Waals surface area contributed by atoms with Crippen LogP contribution in [0.4, 0.5) is 11.4 Å². The third-order valence-corrected chi connectivity index (χ3v) is 7.34. The van der Waals surface area contributed by atoms with E-state index in [-0.39, 0.29) is 11.7 Å². The minimum absolute atomic E-state index is 0.232. The first-order valence-corrected chi connectivity index (χ1v) is 13.7. The molecule has 0 atom stereocenters. The van der Waals surface area contributed by atoms with Crippen LogP contribution in [0.5, 0.6) is 0 Å². The molecule has 0 saturated carbocycles. The van der Waals surface area contributed by atoms with Crippen molar-refractivity contribution in [3.05, 3.63) is 126 Å². The van der Waals surface area contributed by atoms with Gasteiger partial charge in [0.2, 0.25) is 0 Å². The van der Waals surface area contributed by atoms with Gasteiger partial charge in [0.15, 0.2) is 5.76 Å². The molecule has 1 amide bonds. The molecule has 6 rings (SSSR count). The number of hydrogen-bond acceptors (Lipinski definition) is 6. The molecule has 3 heterocycles. The van der Waals surface area contributed by atoms with Crippen molar-refractivity contribution in [3.8, 4) is 28.5 Å². The zero-order valence-corrected chi connectivity index (χ0v) is 22.5. The number of aromatic nitrogens is 1. The number of hydrogen-bond donors (Lipinski definition) is 1. The highest BCUT2D eigenvalue weighted by Gasteiger charge is 2.23. The lowest BCUT2D eigenvalue weighted by Crippen LogP contribution is -2.43. The molecule has 0 aliphatic carbocycles. The number of pyridine rings is 1. The molecule has 0 bridgehead atoms. The predicted octanol–water partition coefficient (Wildman–Crippen LogP) is 6.14. The Morgan fingerprint density at radius 1 is 0.878 bits per heavy atom. The molecule has 0 spiro atoms. The first kappa shape index (κ1) is 26.1. The Morgan fingerprint density at radius 3 is 2.34 bits per heavy atom. The summed E-state index contributed by atoms with van der Waals surface area (Å²) in [5, 5.41) is 12.5. The van der Waals surface area contributed by atoms with E-state index in [4.69, 9.17) is 9.68 Å². The molecule has 1 aliphatic rings. The van der Waals surface area contributed by atoms with E-state index in [1.807, 2.05) is 48.5 Å². The summed E-state index contributed by atoms with van der Waals surface area (Å²) in [5.74, 6) is 0.588. The Labute approximate surface area is 239 Å². The van der Waals surface area contributed by atoms with Gasteiger partial charge in [0, 0.05) is 55.5 Å². The number of amides is 1. The Balaban J connectivity index is 1.34. The van der Waals surface area contributed by atoms with E-state index in [1.54, 1.807) is 41.6 Å². The second kappa shape index (κ2) is 11.9. The number of carbonyl (C=O) groups excluding carboxylic acids is 1. The molecule has 1 N–H and O–H groups in total. The number of anilines is 2. The van der Waals surface area contributed by atoms with E-state index in [0.29, 0.717) is 17.9 Å². The monoisotopic (exact) mass is 539 g/mol. The van der Waals surface area contributed by atoms with Gasteiger partial charge >= 0.3 is 0 Å². The number of rotatable bonds is 7. The summed E-state index contributed by atoms with van der Waals surface area (Å²) in [6.07, 6.45) is 3.55. The lowest BCUT2D eigenvalue weighted by molar-refractivity contribution is 0.0959. The molecule has 7 nitrogen and oxygen atoms in total. The maximum atomic E-state index is 14.1. The zero-order valence-electron chi connectivity index (χ0n) is 22.5. The smallest absolute Gasteiger partial charge is 0.294 e. The van der Waals surface area contributed by atoms with Crippen LogP contribution in [0.3, 0.4) is 0 Å². The van der Waals surface area contributed by atoms with E-state index in [9.17, 15) is 4.79 Å². The molecule has 0 radical (unpaired) electrons. The first-order valence-electron chi connectivity index (χ1n) is 13.7. The van der Waals surface area contributed by atoms with Crippen molar-refractivity contribution in [2.45, 2.75) is 6.54 Å². The summed E-state index contributed by atoms with van der Waals surface area (Å²) in [6, 6.07) is 33.0. The summed E-state index contributed by atoms with van der Waals surface area (Å²) in [5.41, 5.74) is 6.40. The number of carbonyl (C=O) groups is 1. The molecular weight excluding hydrogens is 510 g/mol. The SMILES string of the molecule is N#Cc1ccc(-c2ccc(C(=O)N(Cc3ccccc3-c3ccncc3)c3ccc(N4CCNCC4)cc3)o2)cc1. The number of nitrogens with zero attached hydrogens (tertiary/aromatic N) is 4. The average Bonchev–Trinajstić information content (AvgIpc) is 3.55. The summed E-state index contributed by atoms with van der Waals surface area (Å²) >= 11 is 0. The lowest BCUT2D eigenvalue weighted by Gasteiger charge is -2.30. The molecule has 3 aromatic carbocycles. The van der Waals surface area contributed by atoms with E-state index >= 15 is 0 Å². The fraction of sp³-hybridized carbons (Fsp3) is 0.147. The van der Waals surface area contributed by atoms with Crippen LogP contribution in [0.2, 0.25) is 0 Å². The fourth-order valence-electron chi connectivity index (χ4n) is 5.14. The Hall–Kier alpha value is -5.19. The van der Waals surface area contributed by atoms with Gasteiger partial charge < -0.3 is 19.5 Å². The minimum atomic E-state index is -0.232. The summed E-state index contributed by atoms with van der Waals surface area (Å²) in [7, 11) is 0. The van der Waals surface area contributed by atoms with Gasteiger partial charge in [-0.05, 0) is 89.5 Å². The van der Waals surface area contributed by atoms with Gasteiger partial charge in [-0.2, -0.15) is 5.26 Å². The predicted molar refractivity (Wildman–Crippen MR) is 161 cm³/mol. The third kappa shape index (κ3) is 5.74. The molecule has 5 aromatic rings. The average molecular weight is 540 g/mol. The Kier molecular flexibility index (Phi) is 7.57. The van der Waals surface area contributed by atoms with Crippen LogP contribution < -0.4 is 15.1 Å². The van der Waals surface area contributed by atoms with Gasteiger partial charge in [-0.3, -0.25) is 9.78 Å². The van der Waals surface area contributed by atoms with Gasteiger partial charge in [-0.1, -0.05) is 24.3 Å². The van der Waals surface area contributed by atoms with Gasteiger partial charge in [0.25, 0.3) is 5.91 Å². The summed E-state index contributed by atoms with van der Waals surface area (Å²) < 4.78 is 6.08. The molecule has 0 unspecified atom stereocenters. The van der Waals surface area contributed by atoms with E-state index in [2.05, 4.69) is 45.5 Å². The van der Waals surface area contributed by atoms with Crippen LogP contribution in [-0.4, -0.2) is 37.1 Å². The van der Waals surface area contributed by atoms with Crippen molar-refractivity contribution in [3.63, 3.8) is 0 Å². The quantitative estimate of drug-likeness (QED) is 0.268. The molecular formula is C34H29N5O2. The summed E-state index contributed by atoms with van der Waals surface area (Å²) in [4.78, 5) is 22.4. The van der Waals surface area contributed by atoms with E-state index < -0.39 is 0 Å². The number of nitrogens with one attached hydrogen (secondary N) is 1. The standard InChI is InChI=1S/C34H29N5O2/c35-23-25-5-7-27(8-6-25)32-13-14-33(41-32)34(40)39(30-11-9-29(10-12-30)38-21-19-37-20-22-38)24-28-3-1-2-4-31(28)26-15-17-36-18-16-26/h1-18,37H,19-22,24H2. The van der Waals surface area contributed by atoms with Crippen molar-refractivity contribution in [1.29, 1.82) is 5.26 Å². The van der Waals surface area contributed by atoms with Crippen LogP contribution in [0.25, 0.3) is 22.5 Å². The number of piperazine rings is 1. The van der Waals surface area contributed by atoms with Crippen molar-refractivity contribution in [1.82, 2.24) is 10.3 Å². The van der Waals surface area contributed by atoms with E-state index in [0.717, 1.165) is 59.8 Å². The maximum Gasteiger partial charge on any atom is 0.294 e. The van der Waals surface area contributed by atoms with E-state index in [1.165, 1.54) is 0 Å². The number of benzene rings is 3. The second-order valence-corrected chi connectivity index (χ2v) is 9.89. The topological polar surface area (TPSA) is 85.4 Å².